The van der Waals surface area contributed by atoms with Crippen molar-refractivity contribution >= 4 is 11.4 Å². The van der Waals surface area contributed by atoms with Gasteiger partial charge in [0, 0.05) is 19.2 Å². The molecule has 0 spiro atoms. The van der Waals surface area contributed by atoms with Crippen molar-refractivity contribution in [2.24, 2.45) is 0 Å². The van der Waals surface area contributed by atoms with Crippen molar-refractivity contribution in [3.8, 4) is 0 Å². The van der Waals surface area contributed by atoms with Gasteiger partial charge in [0.15, 0.2) is 5.82 Å². The predicted octanol–water partition coefficient (Wildman–Crippen LogP) is 3.17. The molecule has 16 heavy (non-hydrogen) atoms. The maximum absolute atomic E-state index is 13.3. The standard InChI is InChI=1S/C12H18F2N2/c1-4-9(5-2)16(3)11-7-8(13)6-10(14)12(11)15/h6-7,9H,4-5,15H2,1-3H3. The molecule has 2 nitrogen and oxygen atoms in total. The van der Waals surface area contributed by atoms with Gasteiger partial charge >= 0.3 is 0 Å². The molecule has 0 bridgehead atoms. The van der Waals surface area contributed by atoms with Crippen LogP contribution in [0.15, 0.2) is 12.1 Å². The van der Waals surface area contributed by atoms with Gasteiger partial charge in [0.1, 0.15) is 5.82 Å². The van der Waals surface area contributed by atoms with Gasteiger partial charge in [-0.25, -0.2) is 8.78 Å². The molecule has 1 aromatic carbocycles. The van der Waals surface area contributed by atoms with Crippen LogP contribution in [0.3, 0.4) is 0 Å². The minimum absolute atomic E-state index is 0.0100. The average molecular weight is 228 g/mol. The van der Waals surface area contributed by atoms with E-state index in [1.807, 2.05) is 25.8 Å². The van der Waals surface area contributed by atoms with Gasteiger partial charge in [-0.2, -0.15) is 0 Å². The fourth-order valence-corrected chi connectivity index (χ4v) is 1.90. The van der Waals surface area contributed by atoms with Gasteiger partial charge in [0.05, 0.1) is 11.4 Å². The summed E-state index contributed by atoms with van der Waals surface area (Å²) in [5, 5.41) is 0. The second-order valence-electron chi connectivity index (χ2n) is 3.90. The summed E-state index contributed by atoms with van der Waals surface area (Å²) in [4.78, 5) is 1.83. The highest BCUT2D eigenvalue weighted by atomic mass is 19.1. The minimum atomic E-state index is -0.701. The Labute approximate surface area is 95.1 Å². The third-order valence-electron chi connectivity index (χ3n) is 2.94. The Hall–Kier alpha value is -1.32. The Morgan fingerprint density at radius 1 is 1.25 bits per heavy atom. The van der Waals surface area contributed by atoms with E-state index in [2.05, 4.69) is 0 Å². The van der Waals surface area contributed by atoms with Crippen molar-refractivity contribution in [1.29, 1.82) is 0 Å². The van der Waals surface area contributed by atoms with Crippen LogP contribution in [-0.2, 0) is 0 Å². The molecule has 0 heterocycles. The average Bonchev–Trinajstić information content (AvgIpc) is 2.24. The molecule has 0 radical (unpaired) electrons. The summed E-state index contributed by atoms with van der Waals surface area (Å²) >= 11 is 0. The van der Waals surface area contributed by atoms with Crippen molar-refractivity contribution in [3.05, 3.63) is 23.8 Å². The molecule has 2 N–H and O–H groups in total. The molecule has 0 amide bonds. The van der Waals surface area contributed by atoms with Gasteiger partial charge < -0.3 is 10.6 Å². The summed E-state index contributed by atoms with van der Waals surface area (Å²) in [6, 6.07) is 2.32. The summed E-state index contributed by atoms with van der Waals surface area (Å²) in [7, 11) is 1.81. The molecule has 0 aliphatic carbocycles. The third-order valence-corrected chi connectivity index (χ3v) is 2.94. The highest BCUT2D eigenvalue weighted by molar-refractivity contribution is 5.68. The first-order chi connectivity index (χ1) is 7.51. The third kappa shape index (κ3) is 2.43. The predicted molar refractivity (Wildman–Crippen MR) is 63.5 cm³/mol. The first-order valence-electron chi connectivity index (χ1n) is 5.48. The van der Waals surface area contributed by atoms with Crippen molar-refractivity contribution < 1.29 is 8.78 Å². The second kappa shape index (κ2) is 5.14. The topological polar surface area (TPSA) is 29.3 Å². The number of nitrogen functional groups attached to an aromatic ring is 1. The van der Waals surface area contributed by atoms with Gasteiger partial charge in [-0.15, -0.1) is 0 Å². The molecule has 0 aromatic heterocycles. The van der Waals surface area contributed by atoms with Crippen molar-refractivity contribution in [2.75, 3.05) is 17.7 Å². The van der Waals surface area contributed by atoms with Crippen LogP contribution in [0.1, 0.15) is 26.7 Å². The zero-order valence-corrected chi connectivity index (χ0v) is 9.93. The largest absolute Gasteiger partial charge is 0.395 e. The Kier molecular flexibility index (Phi) is 4.10. The SMILES string of the molecule is CCC(CC)N(C)c1cc(F)cc(F)c1N. The molecular weight excluding hydrogens is 210 g/mol. The molecule has 1 aromatic rings. The smallest absolute Gasteiger partial charge is 0.151 e. The van der Waals surface area contributed by atoms with Gasteiger partial charge in [0.25, 0.3) is 0 Å². The second-order valence-corrected chi connectivity index (χ2v) is 3.90. The molecule has 0 fully saturated rings. The molecular formula is C12H18F2N2. The molecule has 4 heteroatoms. The lowest BCUT2D eigenvalue weighted by Crippen LogP contribution is -2.31. The number of hydrogen-bond donors (Lipinski definition) is 1. The molecule has 90 valence electrons. The van der Waals surface area contributed by atoms with Gasteiger partial charge in [0.2, 0.25) is 0 Å². The van der Waals surface area contributed by atoms with Crippen molar-refractivity contribution in [1.82, 2.24) is 0 Å². The molecule has 0 atom stereocenters. The summed E-state index contributed by atoms with van der Waals surface area (Å²) in [5.41, 5.74) is 6.05. The Balaban J connectivity index is 3.11. The minimum Gasteiger partial charge on any atom is -0.395 e. The van der Waals surface area contributed by atoms with E-state index in [1.54, 1.807) is 0 Å². The maximum Gasteiger partial charge on any atom is 0.151 e. The van der Waals surface area contributed by atoms with E-state index in [1.165, 1.54) is 6.07 Å². The van der Waals surface area contributed by atoms with Gasteiger partial charge in [-0.1, -0.05) is 13.8 Å². The summed E-state index contributed by atoms with van der Waals surface area (Å²) < 4.78 is 26.4. The van der Waals surface area contributed by atoms with Crippen LogP contribution >= 0.6 is 0 Å². The van der Waals surface area contributed by atoms with Crippen LogP contribution in [0.5, 0.6) is 0 Å². The van der Waals surface area contributed by atoms with Crippen molar-refractivity contribution in [3.63, 3.8) is 0 Å². The highest BCUT2D eigenvalue weighted by Gasteiger charge is 2.16. The van der Waals surface area contributed by atoms with Crippen LogP contribution in [0.25, 0.3) is 0 Å². The first kappa shape index (κ1) is 12.7. The maximum atomic E-state index is 13.3. The molecule has 0 aliphatic rings. The molecule has 1 rings (SSSR count). The summed E-state index contributed by atoms with van der Waals surface area (Å²) in [6.07, 6.45) is 1.81. The fraction of sp³-hybridized carbons (Fsp3) is 0.500. The summed E-state index contributed by atoms with van der Waals surface area (Å²) in [5.74, 6) is -1.30. The molecule has 0 unspecified atom stereocenters. The van der Waals surface area contributed by atoms with E-state index in [0.29, 0.717) is 5.69 Å². The number of hydrogen-bond acceptors (Lipinski definition) is 2. The van der Waals surface area contributed by atoms with Crippen LogP contribution in [0, 0.1) is 11.6 Å². The molecule has 0 aliphatic heterocycles. The Bertz CT molecular complexity index is 362. The van der Waals surface area contributed by atoms with Crippen molar-refractivity contribution in [2.45, 2.75) is 32.7 Å². The number of anilines is 2. The number of benzene rings is 1. The van der Waals surface area contributed by atoms with Gasteiger partial charge in [-0.3, -0.25) is 0 Å². The molecule has 0 saturated carbocycles. The quantitative estimate of drug-likeness (QED) is 0.802. The fourth-order valence-electron chi connectivity index (χ4n) is 1.90. The summed E-state index contributed by atoms with van der Waals surface area (Å²) in [6.45, 7) is 4.08. The van der Waals surface area contributed by atoms with E-state index >= 15 is 0 Å². The van der Waals surface area contributed by atoms with E-state index < -0.39 is 11.6 Å². The normalized spacial score (nSPS) is 10.9. The number of nitrogens with zero attached hydrogens (tertiary/aromatic N) is 1. The van der Waals surface area contributed by atoms with E-state index in [0.717, 1.165) is 18.9 Å². The van der Waals surface area contributed by atoms with Crippen LogP contribution in [-0.4, -0.2) is 13.1 Å². The monoisotopic (exact) mass is 228 g/mol. The lowest BCUT2D eigenvalue weighted by Gasteiger charge is -2.29. The van der Waals surface area contributed by atoms with Gasteiger partial charge in [-0.05, 0) is 18.9 Å². The Morgan fingerprint density at radius 2 is 1.81 bits per heavy atom. The molecule has 0 saturated heterocycles. The van der Waals surface area contributed by atoms with E-state index in [9.17, 15) is 8.78 Å². The van der Waals surface area contributed by atoms with Crippen LogP contribution < -0.4 is 10.6 Å². The van der Waals surface area contributed by atoms with E-state index in [4.69, 9.17) is 5.73 Å². The first-order valence-corrected chi connectivity index (χ1v) is 5.48. The lowest BCUT2D eigenvalue weighted by atomic mass is 10.1. The zero-order chi connectivity index (χ0) is 12.3. The Morgan fingerprint density at radius 3 is 2.31 bits per heavy atom. The van der Waals surface area contributed by atoms with Crippen LogP contribution in [0.4, 0.5) is 20.2 Å². The zero-order valence-electron chi connectivity index (χ0n) is 9.93. The number of nitrogens with two attached hydrogens (primary N) is 1. The number of rotatable bonds is 4. The van der Waals surface area contributed by atoms with Crippen LogP contribution in [0.2, 0.25) is 0 Å². The highest BCUT2D eigenvalue weighted by Crippen LogP contribution is 2.28. The number of halogens is 2. The lowest BCUT2D eigenvalue weighted by molar-refractivity contribution is 0.570. The van der Waals surface area contributed by atoms with E-state index in [-0.39, 0.29) is 11.7 Å².